The third kappa shape index (κ3) is 2.51. The number of esters is 1. The quantitative estimate of drug-likeness (QED) is 0.609. The van der Waals surface area contributed by atoms with Gasteiger partial charge in [-0.25, -0.2) is 8.51 Å². The van der Waals surface area contributed by atoms with Crippen LogP contribution in [0.25, 0.3) is 0 Å². The van der Waals surface area contributed by atoms with Crippen molar-refractivity contribution >= 4 is 17.0 Å². The van der Waals surface area contributed by atoms with Crippen molar-refractivity contribution in [3.05, 3.63) is 0 Å². The lowest BCUT2D eigenvalue weighted by molar-refractivity contribution is -0.145. The third-order valence-electron chi connectivity index (χ3n) is 2.26. The first kappa shape index (κ1) is 10.7. The second-order valence-corrected chi connectivity index (χ2v) is 4.42. The highest BCUT2D eigenvalue weighted by molar-refractivity contribution is 7.81. The Kier molecular flexibility index (Phi) is 3.87. The predicted molar refractivity (Wildman–Crippen MR) is 50.4 cm³/mol. The first-order valence-corrected chi connectivity index (χ1v) is 5.86. The first-order chi connectivity index (χ1) is 6.16. The monoisotopic (exact) mass is 205 g/mol. The van der Waals surface area contributed by atoms with Crippen molar-refractivity contribution in [3.63, 3.8) is 0 Å². The summed E-state index contributed by atoms with van der Waals surface area (Å²) in [7, 11) is 0.297. The zero-order valence-corrected chi connectivity index (χ0v) is 8.80. The predicted octanol–water partition coefficient (Wildman–Crippen LogP) is 0.307. The van der Waals surface area contributed by atoms with Crippen LogP contribution in [0.5, 0.6) is 0 Å². The van der Waals surface area contributed by atoms with Crippen LogP contribution in [0.4, 0.5) is 0 Å². The van der Waals surface area contributed by atoms with Crippen LogP contribution in [0.2, 0.25) is 0 Å². The molecular weight excluding hydrogens is 190 g/mol. The molecule has 1 saturated heterocycles. The number of nitrogens with zero attached hydrogens (tertiary/aromatic N) is 1. The molecule has 0 amide bonds. The Morgan fingerprint density at radius 1 is 1.54 bits per heavy atom. The van der Waals surface area contributed by atoms with E-state index in [-0.39, 0.29) is 12.0 Å². The van der Waals surface area contributed by atoms with Crippen LogP contribution in [0, 0.1) is 0 Å². The van der Waals surface area contributed by atoms with Gasteiger partial charge in [-0.1, -0.05) is 0 Å². The standard InChI is InChI=1S/C8H15NO3S/c1-12-8(10)7-5-3-4-6-9(7)13(2)11/h7H,3-6H2,1-2H3/t7-,13?/m1/s1. The number of rotatable bonds is 2. The van der Waals surface area contributed by atoms with Crippen LogP contribution in [0.1, 0.15) is 19.3 Å². The maximum Gasteiger partial charge on any atom is 0.324 e. The molecule has 13 heavy (non-hydrogen) atoms. The largest absolute Gasteiger partial charge is 0.468 e. The van der Waals surface area contributed by atoms with Crippen LogP contribution < -0.4 is 0 Å². The Morgan fingerprint density at radius 2 is 2.23 bits per heavy atom. The summed E-state index contributed by atoms with van der Waals surface area (Å²) in [6.45, 7) is 0.725. The fraction of sp³-hybridized carbons (Fsp3) is 0.875. The van der Waals surface area contributed by atoms with Crippen molar-refractivity contribution in [1.82, 2.24) is 4.31 Å². The van der Waals surface area contributed by atoms with E-state index in [4.69, 9.17) is 0 Å². The van der Waals surface area contributed by atoms with Gasteiger partial charge in [-0.2, -0.15) is 0 Å². The van der Waals surface area contributed by atoms with Crippen molar-refractivity contribution in [2.75, 3.05) is 19.9 Å². The average molecular weight is 205 g/mol. The van der Waals surface area contributed by atoms with E-state index in [0.717, 1.165) is 25.8 Å². The number of carbonyl (C=O) groups is 1. The van der Waals surface area contributed by atoms with Gasteiger partial charge in [-0.05, 0) is 19.3 Å². The minimum Gasteiger partial charge on any atom is -0.468 e. The number of hydrogen-bond donors (Lipinski definition) is 0. The molecule has 76 valence electrons. The van der Waals surface area contributed by atoms with Crippen molar-refractivity contribution in [1.29, 1.82) is 0 Å². The van der Waals surface area contributed by atoms with Crippen molar-refractivity contribution < 1.29 is 13.7 Å². The summed E-state index contributed by atoms with van der Waals surface area (Å²) in [5.41, 5.74) is 0. The highest BCUT2D eigenvalue weighted by Gasteiger charge is 2.31. The Hall–Kier alpha value is -0.420. The molecular formula is C8H15NO3S. The van der Waals surface area contributed by atoms with Crippen molar-refractivity contribution in [2.24, 2.45) is 0 Å². The van der Waals surface area contributed by atoms with Gasteiger partial charge in [-0.15, -0.1) is 0 Å². The van der Waals surface area contributed by atoms with Crippen LogP contribution in [-0.4, -0.2) is 40.4 Å². The molecule has 0 N–H and O–H groups in total. The van der Waals surface area contributed by atoms with Crippen molar-refractivity contribution in [3.8, 4) is 0 Å². The van der Waals surface area contributed by atoms with E-state index in [2.05, 4.69) is 4.74 Å². The fourth-order valence-electron chi connectivity index (χ4n) is 1.58. The fourth-order valence-corrected chi connectivity index (χ4v) is 2.52. The minimum atomic E-state index is -1.07. The van der Waals surface area contributed by atoms with Gasteiger partial charge >= 0.3 is 5.97 Å². The van der Waals surface area contributed by atoms with Gasteiger partial charge in [0, 0.05) is 12.8 Å². The molecule has 5 heteroatoms. The number of carbonyl (C=O) groups excluding carboxylic acids is 1. The molecule has 0 spiro atoms. The zero-order valence-electron chi connectivity index (χ0n) is 7.99. The lowest BCUT2D eigenvalue weighted by Crippen LogP contribution is -2.45. The van der Waals surface area contributed by atoms with E-state index >= 15 is 0 Å². The Bertz CT molecular complexity index is 219. The highest BCUT2D eigenvalue weighted by Crippen LogP contribution is 2.18. The molecule has 0 saturated carbocycles. The molecule has 4 nitrogen and oxygen atoms in total. The Labute approximate surface area is 80.8 Å². The smallest absolute Gasteiger partial charge is 0.324 e. The number of hydrogen-bond acceptors (Lipinski definition) is 3. The molecule has 1 rings (SSSR count). The maximum atomic E-state index is 11.3. The Balaban J connectivity index is 2.67. The van der Waals surface area contributed by atoms with Gasteiger partial charge in [0.2, 0.25) is 0 Å². The lowest BCUT2D eigenvalue weighted by Gasteiger charge is -2.30. The molecule has 0 aromatic carbocycles. The van der Waals surface area contributed by atoms with Gasteiger partial charge in [-0.3, -0.25) is 4.79 Å². The van der Waals surface area contributed by atoms with Gasteiger partial charge in [0.15, 0.2) is 0 Å². The van der Waals surface area contributed by atoms with E-state index in [1.807, 2.05) is 0 Å². The van der Waals surface area contributed by atoms with Crippen LogP contribution in [0.3, 0.4) is 0 Å². The van der Waals surface area contributed by atoms with Crippen LogP contribution >= 0.6 is 0 Å². The van der Waals surface area contributed by atoms with Gasteiger partial charge < -0.3 is 4.74 Å². The van der Waals surface area contributed by atoms with E-state index in [0.29, 0.717) is 0 Å². The summed E-state index contributed by atoms with van der Waals surface area (Å²) in [5.74, 6) is -0.269. The van der Waals surface area contributed by atoms with Gasteiger partial charge in [0.05, 0.1) is 18.1 Å². The van der Waals surface area contributed by atoms with Crippen molar-refractivity contribution in [2.45, 2.75) is 25.3 Å². The molecule has 1 aliphatic rings. The number of methoxy groups -OCH3 is 1. The van der Waals surface area contributed by atoms with Crippen LogP contribution in [0.15, 0.2) is 0 Å². The maximum absolute atomic E-state index is 11.3. The molecule has 1 aliphatic heterocycles. The van der Waals surface area contributed by atoms with Gasteiger partial charge in [0.25, 0.3) is 0 Å². The molecule has 0 radical (unpaired) electrons. The molecule has 0 aliphatic carbocycles. The summed E-state index contributed by atoms with van der Waals surface area (Å²) in [6, 6.07) is -0.301. The average Bonchev–Trinajstić information content (AvgIpc) is 2.16. The molecule has 0 aromatic heterocycles. The van der Waals surface area contributed by atoms with E-state index in [1.165, 1.54) is 7.11 Å². The lowest BCUT2D eigenvalue weighted by atomic mass is 10.1. The second kappa shape index (κ2) is 4.72. The SMILES string of the molecule is COC(=O)[C@H]1CCCCN1S(C)=O. The molecule has 1 unspecified atom stereocenters. The second-order valence-electron chi connectivity index (χ2n) is 3.10. The summed E-state index contributed by atoms with van der Waals surface area (Å²) < 4.78 is 17.6. The number of ether oxygens (including phenoxy) is 1. The summed E-state index contributed by atoms with van der Waals surface area (Å²) in [6.07, 6.45) is 4.37. The first-order valence-electron chi connectivity index (χ1n) is 4.35. The molecule has 0 bridgehead atoms. The normalized spacial score (nSPS) is 26.8. The summed E-state index contributed by atoms with van der Waals surface area (Å²) in [5, 5.41) is 0. The topological polar surface area (TPSA) is 46.6 Å². The third-order valence-corrected chi connectivity index (χ3v) is 3.35. The Morgan fingerprint density at radius 3 is 2.77 bits per heavy atom. The minimum absolute atomic E-state index is 0.269. The molecule has 1 heterocycles. The van der Waals surface area contributed by atoms with Gasteiger partial charge in [0.1, 0.15) is 6.04 Å². The molecule has 0 aromatic rings. The summed E-state index contributed by atoms with van der Waals surface area (Å²) >= 11 is 0. The number of piperidine rings is 1. The molecule has 2 atom stereocenters. The highest BCUT2D eigenvalue weighted by atomic mass is 32.2. The van der Waals surface area contributed by atoms with E-state index in [1.54, 1.807) is 10.6 Å². The van der Waals surface area contributed by atoms with Crippen LogP contribution in [-0.2, 0) is 20.5 Å². The van der Waals surface area contributed by atoms with E-state index < -0.39 is 11.0 Å². The van der Waals surface area contributed by atoms with E-state index in [9.17, 15) is 9.00 Å². The molecule has 1 fully saturated rings. The zero-order chi connectivity index (χ0) is 9.84. The summed E-state index contributed by atoms with van der Waals surface area (Å²) in [4.78, 5) is 11.3.